The maximum Gasteiger partial charge on any atom is 0.255 e. The van der Waals surface area contributed by atoms with Crippen LogP contribution in [-0.4, -0.2) is 65.0 Å². The van der Waals surface area contributed by atoms with Crippen molar-refractivity contribution in [1.29, 1.82) is 0 Å². The van der Waals surface area contributed by atoms with E-state index in [0.29, 0.717) is 44.8 Å². The van der Waals surface area contributed by atoms with Gasteiger partial charge in [0, 0.05) is 51.2 Å². The van der Waals surface area contributed by atoms with Crippen molar-refractivity contribution in [1.82, 2.24) is 14.8 Å². The zero-order chi connectivity index (χ0) is 17.2. The van der Waals surface area contributed by atoms with Gasteiger partial charge in [0.05, 0.1) is 11.1 Å². The number of rotatable bonds is 2. The topological polar surface area (TPSA) is 62.7 Å². The minimum atomic E-state index is -0.299. The number of aromatic nitrogens is 1. The van der Waals surface area contributed by atoms with Crippen LogP contribution in [-0.2, 0) is 9.53 Å². The van der Waals surface area contributed by atoms with E-state index in [1.54, 1.807) is 12.3 Å². The fourth-order valence-corrected chi connectivity index (χ4v) is 3.89. The molecule has 0 aromatic carbocycles. The largest absolute Gasteiger partial charge is 0.381 e. The van der Waals surface area contributed by atoms with Crippen LogP contribution in [0.15, 0.2) is 18.3 Å². The summed E-state index contributed by atoms with van der Waals surface area (Å²) in [5.74, 6) is 0.106. The Bertz CT molecular complexity index is 626. The van der Waals surface area contributed by atoms with Gasteiger partial charge in [-0.1, -0.05) is 0 Å². The van der Waals surface area contributed by atoms with Crippen molar-refractivity contribution in [2.75, 3.05) is 32.8 Å². The highest BCUT2D eigenvalue weighted by Crippen LogP contribution is 2.32. The van der Waals surface area contributed by atoms with Crippen molar-refractivity contribution >= 4 is 11.8 Å². The molecular formula is C18H25N3O3. The minimum Gasteiger partial charge on any atom is -0.381 e. The van der Waals surface area contributed by atoms with Crippen LogP contribution in [0.3, 0.4) is 0 Å². The number of aryl methyl sites for hydroxylation is 1. The first-order chi connectivity index (χ1) is 11.6. The van der Waals surface area contributed by atoms with Crippen LogP contribution in [0.25, 0.3) is 0 Å². The van der Waals surface area contributed by atoms with E-state index in [2.05, 4.69) is 4.98 Å². The quantitative estimate of drug-likeness (QED) is 0.826. The van der Waals surface area contributed by atoms with E-state index in [1.807, 2.05) is 29.7 Å². The van der Waals surface area contributed by atoms with Gasteiger partial charge in [0.1, 0.15) is 0 Å². The van der Waals surface area contributed by atoms with E-state index in [9.17, 15) is 9.59 Å². The number of ether oxygens (including phenoxy) is 1. The molecule has 3 rings (SSSR count). The lowest BCUT2D eigenvalue weighted by Crippen LogP contribution is -2.58. The molecule has 0 unspecified atom stereocenters. The first kappa shape index (κ1) is 16.9. The number of carbonyl (C=O) groups excluding carboxylic acids is 2. The highest BCUT2D eigenvalue weighted by molar-refractivity contribution is 5.95. The molecular weight excluding hydrogens is 306 g/mol. The zero-order valence-corrected chi connectivity index (χ0v) is 14.5. The first-order valence-corrected chi connectivity index (χ1v) is 8.66. The fourth-order valence-electron chi connectivity index (χ4n) is 3.89. The SMILES string of the molecule is CCN1C(=O)CCN(C(=O)c2cccnc2C)CC12CCOCC2. The van der Waals surface area contributed by atoms with Crippen LogP contribution >= 0.6 is 0 Å². The van der Waals surface area contributed by atoms with E-state index in [-0.39, 0.29) is 17.4 Å². The van der Waals surface area contributed by atoms with Gasteiger partial charge in [-0.3, -0.25) is 14.6 Å². The number of likely N-dealkylation sites (N-methyl/N-ethyl adjacent to an activating group) is 1. The molecule has 1 aromatic rings. The molecule has 2 fully saturated rings. The molecule has 3 heterocycles. The van der Waals surface area contributed by atoms with Gasteiger partial charge in [-0.05, 0) is 38.8 Å². The van der Waals surface area contributed by atoms with Crippen LogP contribution in [0.1, 0.15) is 42.2 Å². The van der Waals surface area contributed by atoms with Crippen LogP contribution < -0.4 is 0 Å². The predicted molar refractivity (Wildman–Crippen MR) is 89.7 cm³/mol. The second-order valence-corrected chi connectivity index (χ2v) is 6.59. The van der Waals surface area contributed by atoms with E-state index < -0.39 is 0 Å². The second kappa shape index (κ2) is 6.89. The Hall–Kier alpha value is -1.95. The Kier molecular flexibility index (Phi) is 4.85. The molecule has 0 radical (unpaired) electrons. The summed E-state index contributed by atoms with van der Waals surface area (Å²) in [4.78, 5) is 33.7. The summed E-state index contributed by atoms with van der Waals surface area (Å²) < 4.78 is 5.51. The third-order valence-electron chi connectivity index (χ3n) is 5.22. The molecule has 2 aliphatic rings. The summed E-state index contributed by atoms with van der Waals surface area (Å²) in [5.41, 5.74) is 1.05. The number of pyridine rings is 1. The Labute approximate surface area is 142 Å². The molecule has 2 aliphatic heterocycles. The molecule has 0 saturated carbocycles. The van der Waals surface area contributed by atoms with E-state index in [4.69, 9.17) is 4.74 Å². The number of hydrogen-bond donors (Lipinski definition) is 0. The number of nitrogens with zero attached hydrogens (tertiary/aromatic N) is 3. The van der Waals surface area contributed by atoms with Crippen molar-refractivity contribution < 1.29 is 14.3 Å². The van der Waals surface area contributed by atoms with Crippen LogP contribution in [0.5, 0.6) is 0 Å². The van der Waals surface area contributed by atoms with Gasteiger partial charge in [-0.15, -0.1) is 0 Å². The molecule has 1 spiro atoms. The number of amides is 2. The molecule has 0 aliphatic carbocycles. The average molecular weight is 331 g/mol. The second-order valence-electron chi connectivity index (χ2n) is 6.59. The van der Waals surface area contributed by atoms with Gasteiger partial charge >= 0.3 is 0 Å². The van der Waals surface area contributed by atoms with Gasteiger partial charge in [-0.2, -0.15) is 0 Å². The molecule has 6 nitrogen and oxygen atoms in total. The molecule has 2 amide bonds. The highest BCUT2D eigenvalue weighted by atomic mass is 16.5. The van der Waals surface area contributed by atoms with Crippen molar-refractivity contribution in [2.24, 2.45) is 0 Å². The first-order valence-electron chi connectivity index (χ1n) is 8.66. The Morgan fingerprint density at radius 2 is 2.12 bits per heavy atom. The zero-order valence-electron chi connectivity index (χ0n) is 14.5. The van der Waals surface area contributed by atoms with Crippen LogP contribution in [0.2, 0.25) is 0 Å². The lowest BCUT2D eigenvalue weighted by atomic mass is 9.87. The normalized spacial score (nSPS) is 21.0. The smallest absolute Gasteiger partial charge is 0.255 e. The summed E-state index contributed by atoms with van der Waals surface area (Å²) in [6.45, 7) is 6.84. The van der Waals surface area contributed by atoms with Crippen molar-refractivity contribution in [3.8, 4) is 0 Å². The molecule has 0 bridgehead atoms. The van der Waals surface area contributed by atoms with Gasteiger partial charge < -0.3 is 14.5 Å². The molecule has 1 aromatic heterocycles. The third kappa shape index (κ3) is 3.02. The van der Waals surface area contributed by atoms with Gasteiger partial charge in [0.15, 0.2) is 0 Å². The molecule has 6 heteroatoms. The molecule has 0 N–H and O–H groups in total. The van der Waals surface area contributed by atoms with E-state index in [1.165, 1.54) is 0 Å². The Morgan fingerprint density at radius 1 is 1.38 bits per heavy atom. The highest BCUT2D eigenvalue weighted by Gasteiger charge is 2.44. The van der Waals surface area contributed by atoms with Gasteiger partial charge in [0.25, 0.3) is 5.91 Å². The fraction of sp³-hybridized carbons (Fsp3) is 0.611. The monoisotopic (exact) mass is 331 g/mol. The molecule has 130 valence electrons. The molecule has 0 atom stereocenters. The van der Waals surface area contributed by atoms with Gasteiger partial charge in [-0.25, -0.2) is 0 Å². The standard InChI is InChI=1S/C18H25N3O3/c1-3-21-16(22)6-10-20(13-18(21)7-11-24-12-8-18)17(23)15-5-4-9-19-14(15)2/h4-5,9H,3,6-8,10-13H2,1-2H3. The van der Waals surface area contributed by atoms with Crippen LogP contribution in [0, 0.1) is 6.92 Å². The van der Waals surface area contributed by atoms with Crippen molar-refractivity contribution in [2.45, 2.75) is 38.6 Å². The van der Waals surface area contributed by atoms with E-state index >= 15 is 0 Å². The molecule has 2 saturated heterocycles. The predicted octanol–water partition coefficient (Wildman–Crippen LogP) is 1.63. The number of carbonyl (C=O) groups is 2. The summed E-state index contributed by atoms with van der Waals surface area (Å²) in [5, 5.41) is 0. The summed E-state index contributed by atoms with van der Waals surface area (Å²) >= 11 is 0. The summed E-state index contributed by atoms with van der Waals surface area (Å²) in [6, 6.07) is 3.59. The lowest BCUT2D eigenvalue weighted by Gasteiger charge is -2.46. The summed E-state index contributed by atoms with van der Waals surface area (Å²) in [6.07, 6.45) is 3.63. The van der Waals surface area contributed by atoms with Gasteiger partial charge in [0.2, 0.25) is 5.91 Å². The minimum absolute atomic E-state index is 0.0304. The maximum atomic E-state index is 13.0. The molecule has 24 heavy (non-hydrogen) atoms. The van der Waals surface area contributed by atoms with Crippen molar-refractivity contribution in [3.05, 3.63) is 29.6 Å². The third-order valence-corrected chi connectivity index (χ3v) is 5.22. The maximum absolute atomic E-state index is 13.0. The Morgan fingerprint density at radius 3 is 2.79 bits per heavy atom. The lowest BCUT2D eigenvalue weighted by molar-refractivity contribution is -0.139. The van der Waals surface area contributed by atoms with Crippen LogP contribution in [0.4, 0.5) is 0 Å². The Balaban J connectivity index is 1.91. The van der Waals surface area contributed by atoms with Crippen molar-refractivity contribution in [3.63, 3.8) is 0 Å². The average Bonchev–Trinajstić information content (AvgIpc) is 2.72. The van der Waals surface area contributed by atoms with E-state index in [0.717, 1.165) is 18.5 Å². The number of hydrogen-bond acceptors (Lipinski definition) is 4. The summed E-state index contributed by atoms with van der Waals surface area (Å²) in [7, 11) is 0.